The average molecular weight is 643 g/mol. The number of allylic oxidation sites excluding steroid dienone is 1. The van der Waals surface area contributed by atoms with Crippen LogP contribution in [0.4, 0.5) is 0 Å². The first-order chi connectivity index (χ1) is 24.2. The minimum atomic E-state index is -0.295. The summed E-state index contributed by atoms with van der Waals surface area (Å²) in [6, 6.07) is 45.6. The standard InChI is InChI=1S/C42H34N4O3/c47-42-41(37-23-11-17-31-16-7-8-20-34(31)37)46-45-40(44-42)27-24-33(29-43-28-12-15-30-13-3-1-4-14-30)49-39-26-25-38(35-21-9-10-22-36(35)39)48-32-18-5-2-6-19-32/h1-11,13-14,16-26,28H,12,15,27,29H2,(H,44,45,47). The quantitative estimate of drug-likeness (QED) is 0.106. The molecule has 0 bridgehead atoms. The van der Waals surface area contributed by atoms with E-state index in [1.54, 1.807) is 0 Å². The molecule has 1 aromatic heterocycles. The topological polar surface area (TPSA) is 89.5 Å². The molecule has 0 amide bonds. The number of rotatable bonds is 12. The van der Waals surface area contributed by atoms with Crippen molar-refractivity contribution in [2.24, 2.45) is 4.99 Å². The van der Waals surface area contributed by atoms with E-state index in [2.05, 4.69) is 27.3 Å². The second kappa shape index (κ2) is 15.0. The van der Waals surface area contributed by atoms with Crippen LogP contribution < -0.4 is 15.0 Å². The van der Waals surface area contributed by atoms with E-state index in [0.29, 0.717) is 30.3 Å². The van der Waals surface area contributed by atoms with Gasteiger partial charge in [0.1, 0.15) is 28.8 Å². The molecular formula is C42H34N4O3. The third kappa shape index (κ3) is 7.63. The van der Waals surface area contributed by atoms with E-state index < -0.39 is 0 Å². The summed E-state index contributed by atoms with van der Waals surface area (Å²) in [5, 5.41) is 12.6. The molecule has 0 unspecified atom stereocenters. The number of ether oxygens (including phenoxy) is 2. The van der Waals surface area contributed by atoms with Crippen LogP contribution in [0.1, 0.15) is 17.8 Å². The first-order valence-electron chi connectivity index (χ1n) is 16.3. The number of aliphatic imine (C=N–C) groups is 1. The van der Waals surface area contributed by atoms with E-state index in [1.807, 2.05) is 140 Å². The Labute approximate surface area is 284 Å². The third-order valence-electron chi connectivity index (χ3n) is 8.15. The summed E-state index contributed by atoms with van der Waals surface area (Å²) < 4.78 is 12.8. The van der Waals surface area contributed by atoms with Crippen molar-refractivity contribution in [2.45, 2.75) is 19.3 Å². The molecule has 1 N–H and O–H groups in total. The summed E-state index contributed by atoms with van der Waals surface area (Å²) in [7, 11) is 0. The van der Waals surface area contributed by atoms with Gasteiger partial charge < -0.3 is 14.5 Å². The predicted molar refractivity (Wildman–Crippen MR) is 197 cm³/mol. The van der Waals surface area contributed by atoms with Gasteiger partial charge in [-0.15, -0.1) is 10.2 Å². The van der Waals surface area contributed by atoms with Gasteiger partial charge in [0.05, 0.1) is 6.54 Å². The number of aryl methyl sites for hydroxylation is 1. The zero-order valence-corrected chi connectivity index (χ0v) is 26.8. The summed E-state index contributed by atoms with van der Waals surface area (Å²) >= 11 is 0. The molecule has 0 radical (unpaired) electrons. The fourth-order valence-electron chi connectivity index (χ4n) is 5.72. The molecule has 1 heterocycles. The molecule has 0 saturated heterocycles. The second-order valence-electron chi connectivity index (χ2n) is 11.5. The highest BCUT2D eigenvalue weighted by atomic mass is 16.5. The first-order valence-corrected chi connectivity index (χ1v) is 16.3. The number of aromatic amines is 1. The van der Waals surface area contributed by atoms with Gasteiger partial charge in [-0.25, -0.2) is 0 Å². The molecule has 6 aromatic carbocycles. The minimum Gasteiger partial charge on any atom is -0.459 e. The van der Waals surface area contributed by atoms with Gasteiger partial charge in [-0.05, 0) is 65.7 Å². The highest BCUT2D eigenvalue weighted by Gasteiger charge is 2.13. The molecule has 0 aliphatic heterocycles. The third-order valence-corrected chi connectivity index (χ3v) is 8.15. The van der Waals surface area contributed by atoms with E-state index >= 15 is 0 Å². The minimum absolute atomic E-state index is 0.285. The van der Waals surface area contributed by atoms with E-state index in [9.17, 15) is 4.79 Å². The van der Waals surface area contributed by atoms with Crippen molar-refractivity contribution in [2.75, 3.05) is 6.54 Å². The lowest BCUT2D eigenvalue weighted by atomic mass is 10.0. The first kappa shape index (κ1) is 31.3. The summed E-state index contributed by atoms with van der Waals surface area (Å²) in [4.78, 5) is 20.9. The van der Waals surface area contributed by atoms with Gasteiger partial charge >= 0.3 is 0 Å². The van der Waals surface area contributed by atoms with Gasteiger partial charge in [-0.1, -0.05) is 115 Å². The van der Waals surface area contributed by atoms with Gasteiger partial charge in [0.25, 0.3) is 5.56 Å². The molecule has 0 atom stereocenters. The predicted octanol–water partition coefficient (Wildman–Crippen LogP) is 9.14. The van der Waals surface area contributed by atoms with E-state index in [-0.39, 0.29) is 11.3 Å². The van der Waals surface area contributed by atoms with Crippen LogP contribution >= 0.6 is 0 Å². The van der Waals surface area contributed by atoms with E-state index in [0.717, 1.165) is 51.4 Å². The van der Waals surface area contributed by atoms with Gasteiger partial charge in [0.2, 0.25) is 0 Å². The fraction of sp³-hybridized carbons (Fsp3) is 0.0952. The Morgan fingerprint density at radius 1 is 0.694 bits per heavy atom. The lowest BCUT2D eigenvalue weighted by Crippen LogP contribution is -2.16. The Bertz CT molecular complexity index is 2310. The number of fused-ring (bicyclic) bond motifs is 2. The SMILES string of the molecule is O=c1[nH]c(CC=C(CN=CCCc2ccccc2)Oc2ccc(Oc3ccccc3)c3ccccc23)nnc1-c1cccc2ccccc12. The zero-order valence-electron chi connectivity index (χ0n) is 26.8. The number of H-pyrrole nitrogens is 1. The summed E-state index contributed by atoms with van der Waals surface area (Å²) in [5.74, 6) is 3.22. The maximum atomic E-state index is 13.2. The molecule has 49 heavy (non-hydrogen) atoms. The molecular weight excluding hydrogens is 608 g/mol. The van der Waals surface area contributed by atoms with Crippen LogP contribution in [0.5, 0.6) is 17.2 Å². The smallest absolute Gasteiger partial charge is 0.277 e. The van der Waals surface area contributed by atoms with Crippen LogP contribution in [-0.2, 0) is 12.8 Å². The number of benzene rings is 6. The van der Waals surface area contributed by atoms with Crippen LogP contribution in [0.15, 0.2) is 161 Å². The average Bonchev–Trinajstić information content (AvgIpc) is 3.15. The molecule has 7 nitrogen and oxygen atoms in total. The Morgan fingerprint density at radius 3 is 2.16 bits per heavy atom. The molecule has 0 saturated carbocycles. The molecule has 0 spiro atoms. The van der Waals surface area contributed by atoms with Gasteiger partial charge in [0.15, 0.2) is 5.69 Å². The van der Waals surface area contributed by atoms with Crippen LogP contribution in [0.25, 0.3) is 32.8 Å². The molecule has 7 rings (SSSR count). The Hall–Kier alpha value is -6.34. The fourth-order valence-corrected chi connectivity index (χ4v) is 5.72. The van der Waals surface area contributed by atoms with E-state index in [4.69, 9.17) is 14.5 Å². The summed E-state index contributed by atoms with van der Waals surface area (Å²) in [6.45, 7) is 0.317. The number of nitrogens with one attached hydrogen (secondary N) is 1. The molecule has 0 fully saturated rings. The molecule has 0 aliphatic carbocycles. The lowest BCUT2D eigenvalue weighted by molar-refractivity contribution is 0.419. The number of hydrogen-bond donors (Lipinski definition) is 1. The van der Waals surface area contributed by atoms with Crippen LogP contribution in [0.2, 0.25) is 0 Å². The maximum absolute atomic E-state index is 13.2. The monoisotopic (exact) mass is 642 g/mol. The van der Waals surface area contributed by atoms with Crippen LogP contribution in [0.3, 0.4) is 0 Å². The highest BCUT2D eigenvalue weighted by Crippen LogP contribution is 2.36. The molecule has 240 valence electrons. The summed E-state index contributed by atoms with van der Waals surface area (Å²) in [5.41, 5.74) is 2.00. The summed E-state index contributed by atoms with van der Waals surface area (Å²) in [6.07, 6.45) is 5.84. The van der Waals surface area contributed by atoms with Crippen molar-refractivity contribution in [3.05, 3.63) is 173 Å². The lowest BCUT2D eigenvalue weighted by Gasteiger charge is -2.14. The van der Waals surface area contributed by atoms with Crippen LogP contribution in [0, 0.1) is 0 Å². The normalized spacial score (nSPS) is 11.7. The maximum Gasteiger partial charge on any atom is 0.277 e. The van der Waals surface area contributed by atoms with Gasteiger partial charge in [-0.2, -0.15) is 0 Å². The Morgan fingerprint density at radius 2 is 1.37 bits per heavy atom. The van der Waals surface area contributed by atoms with Crippen molar-refractivity contribution >= 4 is 27.8 Å². The largest absolute Gasteiger partial charge is 0.459 e. The van der Waals surface area contributed by atoms with Gasteiger partial charge in [-0.3, -0.25) is 9.79 Å². The number of hydrogen-bond acceptors (Lipinski definition) is 6. The van der Waals surface area contributed by atoms with Crippen molar-refractivity contribution in [3.63, 3.8) is 0 Å². The van der Waals surface area contributed by atoms with E-state index in [1.165, 1.54) is 5.56 Å². The number of para-hydroxylation sites is 1. The highest BCUT2D eigenvalue weighted by molar-refractivity contribution is 5.95. The molecule has 0 aliphatic rings. The van der Waals surface area contributed by atoms with Crippen molar-refractivity contribution in [1.82, 2.24) is 15.2 Å². The van der Waals surface area contributed by atoms with Crippen molar-refractivity contribution in [1.29, 1.82) is 0 Å². The number of nitrogens with zero attached hydrogens (tertiary/aromatic N) is 3. The Balaban J connectivity index is 1.14. The van der Waals surface area contributed by atoms with Crippen LogP contribution in [-0.4, -0.2) is 27.9 Å². The number of aromatic nitrogens is 3. The van der Waals surface area contributed by atoms with Gasteiger partial charge in [0, 0.05) is 22.8 Å². The van der Waals surface area contributed by atoms with Crippen molar-refractivity contribution in [3.8, 4) is 28.5 Å². The zero-order chi connectivity index (χ0) is 33.3. The molecule has 7 aromatic rings. The molecule has 7 heteroatoms. The second-order valence-corrected chi connectivity index (χ2v) is 11.5. The van der Waals surface area contributed by atoms with Crippen molar-refractivity contribution < 1.29 is 9.47 Å². The Kier molecular flexibility index (Phi) is 9.60.